The van der Waals surface area contributed by atoms with E-state index >= 15 is 0 Å². The van der Waals surface area contributed by atoms with Gasteiger partial charge in [-0.1, -0.05) is 33.6 Å². The van der Waals surface area contributed by atoms with Crippen LogP contribution in [0.15, 0.2) is 0 Å². The zero-order chi connectivity index (χ0) is 13.1. The van der Waals surface area contributed by atoms with E-state index in [1.165, 1.54) is 0 Å². The van der Waals surface area contributed by atoms with Gasteiger partial charge in [-0.3, -0.25) is 0 Å². The highest BCUT2D eigenvalue weighted by atomic mass is 35.5. The van der Waals surface area contributed by atoms with Crippen LogP contribution < -0.4 is 0 Å². The maximum absolute atomic E-state index is 12.4. The van der Waals surface area contributed by atoms with E-state index in [-0.39, 0.29) is 17.2 Å². The summed E-state index contributed by atoms with van der Waals surface area (Å²) in [6, 6.07) is 0.182. The topological polar surface area (TPSA) is 37.4 Å². The van der Waals surface area contributed by atoms with E-state index < -0.39 is 10.0 Å². The lowest BCUT2D eigenvalue weighted by molar-refractivity contribution is 0.327. The van der Waals surface area contributed by atoms with Gasteiger partial charge in [-0.25, -0.2) is 8.42 Å². The highest BCUT2D eigenvalue weighted by molar-refractivity contribution is 7.89. The van der Waals surface area contributed by atoms with Crippen molar-refractivity contribution in [3.63, 3.8) is 0 Å². The summed E-state index contributed by atoms with van der Waals surface area (Å²) >= 11 is 5.75. The van der Waals surface area contributed by atoms with E-state index in [9.17, 15) is 8.42 Å². The lowest BCUT2D eigenvalue weighted by Crippen LogP contribution is -2.43. The summed E-state index contributed by atoms with van der Waals surface area (Å²) in [6.07, 6.45) is 4.24. The average molecular weight is 282 g/mol. The maximum atomic E-state index is 12.4. The van der Waals surface area contributed by atoms with Gasteiger partial charge in [-0.15, -0.1) is 11.6 Å². The fourth-order valence-corrected chi connectivity index (χ4v) is 5.03. The lowest BCUT2D eigenvalue weighted by atomic mass is 10.0. The molecule has 0 bridgehead atoms. The monoisotopic (exact) mass is 281 g/mol. The highest BCUT2D eigenvalue weighted by Crippen LogP contribution is 2.28. The first-order valence-corrected chi connectivity index (χ1v) is 8.46. The van der Waals surface area contributed by atoms with E-state index in [1.807, 2.05) is 20.8 Å². The van der Waals surface area contributed by atoms with Crippen molar-refractivity contribution < 1.29 is 8.42 Å². The first-order chi connectivity index (χ1) is 7.76. The summed E-state index contributed by atoms with van der Waals surface area (Å²) in [7, 11) is -3.18. The zero-order valence-corrected chi connectivity index (χ0v) is 12.6. The fourth-order valence-electron chi connectivity index (χ4n) is 2.45. The molecule has 1 aliphatic rings. The smallest absolute Gasteiger partial charge is 0.212 e. The Balaban J connectivity index is 2.81. The van der Waals surface area contributed by atoms with Crippen molar-refractivity contribution in [1.29, 1.82) is 0 Å². The lowest BCUT2D eigenvalue weighted by Gasteiger charge is -2.30. The van der Waals surface area contributed by atoms with Crippen molar-refractivity contribution in [1.82, 2.24) is 4.31 Å². The molecule has 102 valence electrons. The van der Waals surface area contributed by atoms with Crippen molar-refractivity contribution in [3.05, 3.63) is 0 Å². The molecule has 0 aromatic carbocycles. The number of hydrogen-bond acceptors (Lipinski definition) is 2. The second kappa shape index (κ2) is 5.89. The van der Waals surface area contributed by atoms with Crippen molar-refractivity contribution in [2.24, 2.45) is 5.41 Å². The summed E-state index contributed by atoms with van der Waals surface area (Å²) in [5.41, 5.74) is -0.206. The van der Waals surface area contributed by atoms with E-state index in [0.29, 0.717) is 12.4 Å². The van der Waals surface area contributed by atoms with Gasteiger partial charge >= 0.3 is 0 Å². The minimum absolute atomic E-state index is 0.182. The molecule has 0 aromatic heterocycles. The van der Waals surface area contributed by atoms with Crippen molar-refractivity contribution in [2.75, 3.05) is 18.2 Å². The Bertz CT molecular complexity index is 329. The number of halogens is 1. The molecular weight excluding hydrogens is 258 g/mol. The minimum Gasteiger partial charge on any atom is -0.212 e. The SMILES string of the molecule is CC(C)(C)CS(=O)(=O)N(CCCl)C1CCCC1. The van der Waals surface area contributed by atoms with Gasteiger partial charge in [0.2, 0.25) is 10.0 Å². The number of hydrogen-bond donors (Lipinski definition) is 0. The van der Waals surface area contributed by atoms with E-state index in [1.54, 1.807) is 4.31 Å². The van der Waals surface area contributed by atoms with Gasteiger partial charge in [0.25, 0.3) is 0 Å². The molecule has 0 N–H and O–H groups in total. The molecule has 1 saturated carbocycles. The first-order valence-electron chi connectivity index (χ1n) is 6.32. The van der Waals surface area contributed by atoms with Crippen molar-refractivity contribution in [2.45, 2.75) is 52.5 Å². The van der Waals surface area contributed by atoms with Crippen LogP contribution in [0.25, 0.3) is 0 Å². The van der Waals surface area contributed by atoms with Gasteiger partial charge < -0.3 is 0 Å². The van der Waals surface area contributed by atoms with Gasteiger partial charge in [0.05, 0.1) is 5.75 Å². The molecule has 0 radical (unpaired) electrons. The molecule has 0 heterocycles. The molecule has 17 heavy (non-hydrogen) atoms. The van der Waals surface area contributed by atoms with E-state index in [2.05, 4.69) is 0 Å². The highest BCUT2D eigenvalue weighted by Gasteiger charge is 2.34. The molecule has 0 aliphatic heterocycles. The third-order valence-electron chi connectivity index (χ3n) is 3.01. The molecule has 0 spiro atoms. The summed E-state index contributed by atoms with van der Waals surface area (Å²) in [5.74, 6) is 0.577. The molecule has 1 fully saturated rings. The Kier molecular flexibility index (Phi) is 5.29. The predicted octanol–water partition coefficient (Wildman–Crippen LogP) is 2.85. The molecule has 0 atom stereocenters. The second-order valence-electron chi connectivity index (χ2n) is 6.05. The standard InChI is InChI=1S/C12H24ClNO2S/c1-12(2,3)10-17(15,16)14(9-8-13)11-6-4-5-7-11/h11H,4-10H2,1-3H3. The number of rotatable bonds is 5. The first kappa shape index (κ1) is 15.3. The van der Waals surface area contributed by atoms with E-state index in [4.69, 9.17) is 11.6 Å². The Morgan fingerprint density at radius 3 is 2.18 bits per heavy atom. The molecular formula is C12H24ClNO2S. The molecule has 0 saturated heterocycles. The van der Waals surface area contributed by atoms with Crippen LogP contribution in [0.4, 0.5) is 0 Å². The summed E-state index contributed by atoms with van der Waals surface area (Å²) in [6.45, 7) is 6.32. The average Bonchev–Trinajstić information content (AvgIpc) is 2.62. The fraction of sp³-hybridized carbons (Fsp3) is 1.00. The third kappa shape index (κ3) is 4.76. The predicted molar refractivity (Wildman–Crippen MR) is 72.9 cm³/mol. The van der Waals surface area contributed by atoms with Gasteiger partial charge in [0.1, 0.15) is 0 Å². The van der Waals surface area contributed by atoms with Crippen molar-refractivity contribution >= 4 is 21.6 Å². The van der Waals surface area contributed by atoms with Crippen LogP contribution in [-0.4, -0.2) is 36.9 Å². The summed E-state index contributed by atoms with van der Waals surface area (Å²) in [5, 5.41) is 0. The van der Waals surface area contributed by atoms with Crippen LogP contribution in [0.5, 0.6) is 0 Å². The van der Waals surface area contributed by atoms with Gasteiger partial charge in [0.15, 0.2) is 0 Å². The van der Waals surface area contributed by atoms with Gasteiger partial charge in [-0.2, -0.15) is 4.31 Å². The largest absolute Gasteiger partial charge is 0.214 e. The van der Waals surface area contributed by atoms with Crippen LogP contribution in [0.3, 0.4) is 0 Å². The molecule has 3 nitrogen and oxygen atoms in total. The number of nitrogens with zero attached hydrogens (tertiary/aromatic N) is 1. The minimum atomic E-state index is -3.18. The quantitative estimate of drug-likeness (QED) is 0.727. The normalized spacial score (nSPS) is 19.1. The van der Waals surface area contributed by atoms with Gasteiger partial charge in [0, 0.05) is 18.5 Å². The molecule has 0 unspecified atom stereocenters. The van der Waals surface area contributed by atoms with Crippen LogP contribution in [0, 0.1) is 5.41 Å². The van der Waals surface area contributed by atoms with Crippen LogP contribution in [-0.2, 0) is 10.0 Å². The van der Waals surface area contributed by atoms with Crippen molar-refractivity contribution in [3.8, 4) is 0 Å². The molecule has 1 rings (SSSR count). The third-order valence-corrected chi connectivity index (χ3v) is 5.60. The van der Waals surface area contributed by atoms with Crippen LogP contribution in [0.2, 0.25) is 0 Å². The second-order valence-corrected chi connectivity index (χ2v) is 8.35. The Morgan fingerprint density at radius 2 is 1.76 bits per heavy atom. The summed E-state index contributed by atoms with van der Waals surface area (Å²) in [4.78, 5) is 0. The van der Waals surface area contributed by atoms with Gasteiger partial charge in [-0.05, 0) is 18.3 Å². The number of alkyl halides is 1. The zero-order valence-electron chi connectivity index (χ0n) is 11.1. The Morgan fingerprint density at radius 1 is 1.24 bits per heavy atom. The molecule has 0 aromatic rings. The molecule has 5 heteroatoms. The van der Waals surface area contributed by atoms with E-state index in [0.717, 1.165) is 25.7 Å². The summed E-state index contributed by atoms with van der Waals surface area (Å²) < 4.78 is 26.4. The molecule has 1 aliphatic carbocycles. The van der Waals surface area contributed by atoms with Crippen LogP contribution >= 0.6 is 11.6 Å². The molecule has 0 amide bonds. The Labute approximate surface area is 111 Å². The van der Waals surface area contributed by atoms with Crippen LogP contribution in [0.1, 0.15) is 46.5 Å². The Hall–Kier alpha value is 0.200. The number of sulfonamides is 1. The maximum Gasteiger partial charge on any atom is 0.214 e.